The van der Waals surface area contributed by atoms with Crippen LogP contribution in [0.1, 0.15) is 21.5 Å². The Hall–Kier alpha value is -4.43. The lowest BCUT2D eigenvalue weighted by molar-refractivity contribution is 0.0953. The molecule has 0 fully saturated rings. The van der Waals surface area contributed by atoms with E-state index in [-0.39, 0.29) is 17.3 Å². The van der Waals surface area contributed by atoms with E-state index in [9.17, 15) is 4.79 Å². The molecular formula is C26H21ClN6O2. The summed E-state index contributed by atoms with van der Waals surface area (Å²) >= 11 is 5.98. The number of hydrogen-bond acceptors (Lipinski definition) is 6. The number of anilines is 1. The van der Waals surface area contributed by atoms with Gasteiger partial charge in [-0.2, -0.15) is 9.78 Å². The van der Waals surface area contributed by atoms with Crippen LogP contribution in [0.2, 0.25) is 5.02 Å². The van der Waals surface area contributed by atoms with Crippen LogP contribution in [-0.2, 0) is 6.54 Å². The molecule has 0 radical (unpaired) electrons. The number of hydrogen-bond donors (Lipinski definition) is 2. The summed E-state index contributed by atoms with van der Waals surface area (Å²) in [5, 5.41) is 8.05. The van der Waals surface area contributed by atoms with Crippen LogP contribution in [0, 0.1) is 0 Å². The average Bonchev–Trinajstić information content (AvgIpc) is 3.15. The fourth-order valence-electron chi connectivity index (χ4n) is 3.68. The van der Waals surface area contributed by atoms with Crippen molar-refractivity contribution >= 4 is 51.7 Å². The van der Waals surface area contributed by atoms with Crippen molar-refractivity contribution < 1.29 is 9.53 Å². The highest BCUT2D eigenvalue weighted by atomic mass is 35.5. The molecule has 1 amide bonds. The minimum Gasteiger partial charge on any atom is -0.497 e. The Kier molecular flexibility index (Phi) is 6.03. The predicted octanol–water partition coefficient (Wildman–Crippen LogP) is 4.64. The molecule has 0 unspecified atom stereocenters. The van der Waals surface area contributed by atoms with Crippen LogP contribution >= 0.6 is 11.6 Å². The van der Waals surface area contributed by atoms with Crippen molar-refractivity contribution in [2.75, 3.05) is 12.8 Å². The van der Waals surface area contributed by atoms with Crippen molar-refractivity contribution in [3.63, 3.8) is 0 Å². The first kappa shape index (κ1) is 22.4. The van der Waals surface area contributed by atoms with Gasteiger partial charge in [-0.1, -0.05) is 48.0 Å². The van der Waals surface area contributed by atoms with Crippen LogP contribution in [0.5, 0.6) is 5.75 Å². The molecule has 174 valence electrons. The zero-order valence-electron chi connectivity index (χ0n) is 18.8. The fourth-order valence-corrected chi connectivity index (χ4v) is 3.80. The van der Waals surface area contributed by atoms with Gasteiger partial charge in [0.1, 0.15) is 22.6 Å². The number of nitrogens with one attached hydrogen (secondary N) is 1. The van der Waals surface area contributed by atoms with Crippen molar-refractivity contribution in [1.29, 1.82) is 0 Å². The second-order valence-electron chi connectivity index (χ2n) is 7.78. The minimum absolute atomic E-state index is 0.146. The number of nitrogen functional groups attached to an aromatic ring is 1. The lowest BCUT2D eigenvalue weighted by Crippen LogP contribution is -2.23. The Balaban J connectivity index is 1.55. The number of carbonyl (C=O) groups excluding carboxylic acids is 1. The summed E-state index contributed by atoms with van der Waals surface area (Å²) in [5.74, 6) is 0.522. The zero-order valence-corrected chi connectivity index (χ0v) is 19.5. The van der Waals surface area contributed by atoms with Gasteiger partial charge in [0.2, 0.25) is 0 Å². The number of rotatable bonds is 6. The highest BCUT2D eigenvalue weighted by Gasteiger charge is 2.24. The molecule has 0 aliphatic carbocycles. The Morgan fingerprint density at radius 2 is 1.74 bits per heavy atom. The van der Waals surface area contributed by atoms with Gasteiger partial charge in [-0.3, -0.25) is 4.79 Å². The maximum atomic E-state index is 13.3. The van der Waals surface area contributed by atoms with Gasteiger partial charge in [-0.05, 0) is 47.5 Å². The largest absolute Gasteiger partial charge is 0.497 e. The number of carbonyl (C=O) groups is 1. The smallest absolute Gasteiger partial charge is 0.257 e. The number of nitrogens with zero attached hydrogens (tertiary/aromatic N) is 4. The number of nitrogens with two attached hydrogens (primary N) is 1. The molecule has 0 saturated carbocycles. The predicted molar refractivity (Wildman–Crippen MR) is 138 cm³/mol. The first-order valence-electron chi connectivity index (χ1n) is 10.8. The van der Waals surface area contributed by atoms with Gasteiger partial charge in [-0.25, -0.2) is 9.97 Å². The first-order chi connectivity index (χ1) is 17.0. The lowest BCUT2D eigenvalue weighted by atomic mass is 10.2. The van der Waals surface area contributed by atoms with E-state index in [1.54, 1.807) is 25.5 Å². The Morgan fingerprint density at radius 3 is 2.43 bits per heavy atom. The summed E-state index contributed by atoms with van der Waals surface area (Å²) in [6, 6.07) is 22.1. The molecule has 8 nitrogen and oxygen atoms in total. The molecule has 0 spiro atoms. The molecule has 2 aromatic heterocycles. The summed E-state index contributed by atoms with van der Waals surface area (Å²) in [7, 11) is 1.61. The maximum absolute atomic E-state index is 13.3. The van der Waals surface area contributed by atoms with Gasteiger partial charge in [-0.15, -0.1) is 0 Å². The average molecular weight is 485 g/mol. The van der Waals surface area contributed by atoms with Crippen molar-refractivity contribution in [1.82, 2.24) is 20.0 Å². The fraction of sp³-hybridized carbons (Fsp3) is 0.0769. The van der Waals surface area contributed by atoms with E-state index >= 15 is 0 Å². The summed E-state index contributed by atoms with van der Waals surface area (Å²) in [5.41, 5.74) is 10.5. The van der Waals surface area contributed by atoms with Crippen molar-refractivity contribution in [2.45, 2.75) is 6.54 Å². The minimum atomic E-state index is -0.367. The molecule has 0 aliphatic heterocycles. The quantitative estimate of drug-likeness (QED) is 0.341. The molecule has 9 heteroatoms. The molecular weight excluding hydrogens is 464 g/mol. The van der Waals surface area contributed by atoms with E-state index < -0.39 is 0 Å². The number of ether oxygens (including phenoxy) is 1. The molecule has 0 saturated heterocycles. The Morgan fingerprint density at radius 1 is 1.06 bits per heavy atom. The third-order valence-electron chi connectivity index (χ3n) is 5.51. The van der Waals surface area contributed by atoms with Crippen LogP contribution < -0.4 is 15.8 Å². The van der Waals surface area contributed by atoms with Crippen LogP contribution in [0.3, 0.4) is 0 Å². The van der Waals surface area contributed by atoms with Crippen molar-refractivity contribution in [3.05, 3.63) is 94.5 Å². The number of halogens is 1. The molecule has 35 heavy (non-hydrogen) atoms. The molecule has 0 bridgehead atoms. The van der Waals surface area contributed by atoms with Crippen molar-refractivity contribution in [2.24, 2.45) is 5.10 Å². The molecule has 3 aromatic carbocycles. The van der Waals surface area contributed by atoms with Gasteiger partial charge in [0.05, 0.1) is 24.4 Å². The Bertz CT molecular complexity index is 1560. The summed E-state index contributed by atoms with van der Waals surface area (Å²) in [6.07, 6.45) is 1.63. The zero-order chi connectivity index (χ0) is 24.4. The molecule has 3 N–H and O–H groups in total. The van der Waals surface area contributed by atoms with Crippen molar-refractivity contribution in [3.8, 4) is 5.75 Å². The number of amides is 1. The number of methoxy groups -OCH3 is 1. The standard InChI is InChI=1S/C26H21ClN6O2/c1-35-19-12-8-16(9-13-19)14-29-26(34)22-23-25(32-21-5-3-2-4-20(21)31-23)33(24(22)28)30-15-17-6-10-18(27)11-7-17/h2-13,15H,14,28H2,1H3,(H,29,34)/b30-15-. The van der Waals surface area contributed by atoms with Crippen LogP contribution in [-0.4, -0.2) is 33.9 Å². The van der Waals surface area contributed by atoms with E-state index in [0.29, 0.717) is 33.8 Å². The highest BCUT2D eigenvalue weighted by Crippen LogP contribution is 2.28. The third kappa shape index (κ3) is 4.51. The molecule has 5 aromatic rings. The summed E-state index contributed by atoms with van der Waals surface area (Å²) in [4.78, 5) is 22.7. The SMILES string of the molecule is COc1ccc(CNC(=O)c2c(N)n(/N=C\c3ccc(Cl)cc3)c3nc4ccccc4nc23)cc1. The first-order valence-corrected chi connectivity index (χ1v) is 11.2. The second kappa shape index (κ2) is 9.44. The number of fused-ring (bicyclic) bond motifs is 2. The van der Waals surface area contributed by atoms with Gasteiger partial charge >= 0.3 is 0 Å². The monoisotopic (exact) mass is 484 g/mol. The van der Waals surface area contributed by atoms with Crippen LogP contribution in [0.4, 0.5) is 5.82 Å². The van der Waals surface area contributed by atoms with Gasteiger partial charge in [0.25, 0.3) is 5.91 Å². The van der Waals surface area contributed by atoms with E-state index in [1.807, 2.05) is 60.7 Å². The highest BCUT2D eigenvalue weighted by molar-refractivity contribution is 6.30. The van der Waals surface area contributed by atoms with E-state index in [1.165, 1.54) is 4.68 Å². The lowest BCUT2D eigenvalue weighted by Gasteiger charge is -2.06. The van der Waals surface area contributed by atoms with Gasteiger partial charge in [0, 0.05) is 11.6 Å². The van der Waals surface area contributed by atoms with Crippen LogP contribution in [0.15, 0.2) is 77.9 Å². The summed E-state index contributed by atoms with van der Waals surface area (Å²) in [6.45, 7) is 0.310. The topological polar surface area (TPSA) is 107 Å². The number of aromatic nitrogens is 3. The van der Waals surface area contributed by atoms with E-state index in [4.69, 9.17) is 32.0 Å². The van der Waals surface area contributed by atoms with Gasteiger partial charge < -0.3 is 15.8 Å². The normalized spacial score (nSPS) is 11.4. The van der Waals surface area contributed by atoms with Gasteiger partial charge in [0.15, 0.2) is 5.65 Å². The second-order valence-corrected chi connectivity index (χ2v) is 8.22. The summed E-state index contributed by atoms with van der Waals surface area (Å²) < 4.78 is 6.62. The number of para-hydroxylation sites is 2. The molecule has 0 aliphatic rings. The number of benzene rings is 3. The van der Waals surface area contributed by atoms with E-state index in [0.717, 1.165) is 16.9 Å². The molecule has 0 atom stereocenters. The third-order valence-corrected chi connectivity index (χ3v) is 5.76. The Labute approximate surface area is 206 Å². The molecule has 5 rings (SSSR count). The van der Waals surface area contributed by atoms with E-state index in [2.05, 4.69) is 10.4 Å². The molecule has 2 heterocycles. The van der Waals surface area contributed by atoms with Crippen LogP contribution in [0.25, 0.3) is 22.2 Å². The maximum Gasteiger partial charge on any atom is 0.257 e.